The summed E-state index contributed by atoms with van der Waals surface area (Å²) < 4.78 is 47.0. The highest BCUT2D eigenvalue weighted by Gasteiger charge is 2.32. The summed E-state index contributed by atoms with van der Waals surface area (Å²) in [7, 11) is 1.99. The maximum absolute atomic E-state index is 13.6. The van der Waals surface area contributed by atoms with E-state index in [2.05, 4.69) is 25.2 Å². The van der Waals surface area contributed by atoms with Gasteiger partial charge in [0.25, 0.3) is 5.91 Å². The number of piperazine rings is 1. The molecule has 2 aromatic carbocycles. The van der Waals surface area contributed by atoms with E-state index in [0.29, 0.717) is 53.9 Å². The van der Waals surface area contributed by atoms with E-state index < -0.39 is 17.6 Å². The summed E-state index contributed by atoms with van der Waals surface area (Å²) in [6, 6.07) is 13.7. The Labute approximate surface area is 242 Å². The van der Waals surface area contributed by atoms with Crippen molar-refractivity contribution in [2.45, 2.75) is 26.4 Å². The highest BCUT2D eigenvalue weighted by molar-refractivity contribution is 6.06. The van der Waals surface area contributed by atoms with Gasteiger partial charge in [0.15, 0.2) is 0 Å². The molecular weight excluding hydrogens is 545 g/mol. The number of pyridine rings is 1. The van der Waals surface area contributed by atoms with Gasteiger partial charge in [-0.1, -0.05) is 13.0 Å². The first-order valence-electron chi connectivity index (χ1n) is 13.6. The zero-order chi connectivity index (χ0) is 29.9. The zero-order valence-corrected chi connectivity index (χ0v) is 23.6. The molecular formula is C31H31F3N6O2. The van der Waals surface area contributed by atoms with Gasteiger partial charge in [-0.05, 0) is 68.1 Å². The molecule has 1 N–H and O–H groups in total. The van der Waals surface area contributed by atoms with Crippen molar-refractivity contribution in [3.8, 4) is 22.9 Å². The summed E-state index contributed by atoms with van der Waals surface area (Å²) >= 11 is 0. The van der Waals surface area contributed by atoms with E-state index in [1.165, 1.54) is 6.07 Å². The Kier molecular flexibility index (Phi) is 8.39. The number of nitrogens with one attached hydrogen (secondary N) is 1. The quantitative estimate of drug-likeness (QED) is 0.280. The summed E-state index contributed by atoms with van der Waals surface area (Å²) in [6.07, 6.45) is -0.603. The van der Waals surface area contributed by atoms with Crippen LogP contribution in [0.4, 0.5) is 24.5 Å². The predicted octanol–water partition coefficient (Wildman–Crippen LogP) is 6.22. The number of hydrogen-bond acceptors (Lipinski definition) is 7. The molecule has 1 aliphatic rings. The minimum Gasteiger partial charge on any atom is -0.438 e. The van der Waals surface area contributed by atoms with Crippen LogP contribution in [0.15, 0.2) is 67.0 Å². The van der Waals surface area contributed by atoms with Crippen LogP contribution >= 0.6 is 0 Å². The van der Waals surface area contributed by atoms with Gasteiger partial charge in [-0.3, -0.25) is 4.79 Å². The van der Waals surface area contributed by atoms with Crippen LogP contribution in [-0.4, -0.2) is 59.0 Å². The fraction of sp³-hybridized carbons (Fsp3) is 0.290. The van der Waals surface area contributed by atoms with Crippen molar-refractivity contribution in [2.24, 2.45) is 0 Å². The number of aryl methyl sites for hydroxylation is 2. The average molecular weight is 577 g/mol. The molecule has 0 unspecified atom stereocenters. The van der Waals surface area contributed by atoms with Gasteiger partial charge in [-0.15, -0.1) is 0 Å². The van der Waals surface area contributed by atoms with Gasteiger partial charge in [0, 0.05) is 50.6 Å². The lowest BCUT2D eigenvalue weighted by Crippen LogP contribution is -2.44. The maximum Gasteiger partial charge on any atom is 0.416 e. The van der Waals surface area contributed by atoms with Crippen LogP contribution in [0, 0.1) is 6.92 Å². The van der Waals surface area contributed by atoms with Crippen molar-refractivity contribution < 1.29 is 22.7 Å². The normalized spacial score (nSPS) is 14.1. The Morgan fingerprint density at radius 2 is 1.79 bits per heavy atom. The molecule has 218 valence electrons. The molecule has 5 rings (SSSR count). The number of rotatable bonds is 7. The SMILES string of the molecule is CCc1nccc(-c2cccnc2Oc2cc(C(=O)Nc3cc(C(F)(F)F)ccc3N3CCN(C)CC3)ccc2C)n1. The number of halogens is 3. The fourth-order valence-electron chi connectivity index (χ4n) is 4.67. The van der Waals surface area contributed by atoms with Crippen molar-refractivity contribution in [3.63, 3.8) is 0 Å². The van der Waals surface area contributed by atoms with Gasteiger partial charge in [0.1, 0.15) is 11.6 Å². The molecule has 0 atom stereocenters. The minimum atomic E-state index is -4.55. The lowest BCUT2D eigenvalue weighted by atomic mass is 10.1. The van der Waals surface area contributed by atoms with E-state index in [4.69, 9.17) is 4.74 Å². The summed E-state index contributed by atoms with van der Waals surface area (Å²) in [4.78, 5) is 30.8. The van der Waals surface area contributed by atoms with Crippen LogP contribution in [0.3, 0.4) is 0 Å². The van der Waals surface area contributed by atoms with Crippen LogP contribution in [-0.2, 0) is 12.6 Å². The molecule has 0 radical (unpaired) electrons. The topological polar surface area (TPSA) is 83.5 Å². The Hall–Kier alpha value is -4.51. The molecule has 2 aromatic heterocycles. The number of carbonyl (C=O) groups is 1. The van der Waals surface area contributed by atoms with Crippen molar-refractivity contribution >= 4 is 17.3 Å². The Bertz CT molecular complexity index is 1590. The Morgan fingerprint density at radius 3 is 2.52 bits per heavy atom. The molecule has 1 amide bonds. The second-order valence-corrected chi connectivity index (χ2v) is 10.1. The molecule has 0 saturated carbocycles. The lowest BCUT2D eigenvalue weighted by molar-refractivity contribution is -0.137. The predicted molar refractivity (Wildman–Crippen MR) is 155 cm³/mol. The van der Waals surface area contributed by atoms with Gasteiger partial charge in [-0.2, -0.15) is 13.2 Å². The number of alkyl halides is 3. The number of likely N-dealkylation sites (N-methyl/N-ethyl adjacent to an activating group) is 1. The molecule has 0 spiro atoms. The standard InChI is InChI=1S/C31H31F3N6O2/c1-4-28-35-13-11-24(37-28)23-6-5-12-36-30(23)42-27-18-21(8-7-20(27)2)29(41)38-25-19-22(31(32,33)34)9-10-26(25)40-16-14-39(3)15-17-40/h5-13,18-19H,4,14-17H2,1-3H3,(H,38,41). The number of carbonyl (C=O) groups excluding carboxylic acids is 1. The first kappa shape index (κ1) is 29.0. The van der Waals surface area contributed by atoms with Crippen molar-refractivity contribution in [1.29, 1.82) is 0 Å². The van der Waals surface area contributed by atoms with Crippen molar-refractivity contribution in [3.05, 3.63) is 89.5 Å². The Balaban J connectivity index is 1.43. The first-order valence-corrected chi connectivity index (χ1v) is 13.6. The summed E-state index contributed by atoms with van der Waals surface area (Å²) in [5, 5.41) is 2.73. The van der Waals surface area contributed by atoms with E-state index in [-0.39, 0.29) is 11.3 Å². The minimum absolute atomic E-state index is 0.102. The first-order chi connectivity index (χ1) is 20.1. The maximum atomic E-state index is 13.6. The molecule has 1 fully saturated rings. The Morgan fingerprint density at radius 1 is 1.00 bits per heavy atom. The monoisotopic (exact) mass is 576 g/mol. The number of nitrogens with zero attached hydrogens (tertiary/aromatic N) is 5. The second kappa shape index (κ2) is 12.2. The van der Waals surface area contributed by atoms with Crippen LogP contribution in [0.1, 0.15) is 34.2 Å². The number of ether oxygens (including phenoxy) is 1. The average Bonchev–Trinajstić information content (AvgIpc) is 2.98. The molecule has 42 heavy (non-hydrogen) atoms. The third-order valence-electron chi connectivity index (χ3n) is 7.14. The van der Waals surface area contributed by atoms with Crippen LogP contribution < -0.4 is 15.0 Å². The number of hydrogen-bond donors (Lipinski definition) is 1. The third kappa shape index (κ3) is 6.52. The highest BCUT2D eigenvalue weighted by atomic mass is 19.4. The molecule has 0 bridgehead atoms. The van der Waals surface area contributed by atoms with Gasteiger partial charge in [0.05, 0.1) is 28.2 Å². The van der Waals surface area contributed by atoms with E-state index in [1.807, 2.05) is 31.9 Å². The molecule has 3 heterocycles. The highest BCUT2D eigenvalue weighted by Crippen LogP contribution is 2.37. The second-order valence-electron chi connectivity index (χ2n) is 10.1. The van der Waals surface area contributed by atoms with Gasteiger partial charge in [-0.25, -0.2) is 15.0 Å². The molecule has 11 heteroatoms. The summed E-state index contributed by atoms with van der Waals surface area (Å²) in [5.41, 5.74) is 2.10. The van der Waals surface area contributed by atoms with E-state index in [0.717, 1.165) is 30.8 Å². The van der Waals surface area contributed by atoms with Crippen molar-refractivity contribution in [1.82, 2.24) is 19.9 Å². The van der Waals surface area contributed by atoms with Gasteiger partial charge >= 0.3 is 6.18 Å². The smallest absolute Gasteiger partial charge is 0.416 e. The summed E-state index contributed by atoms with van der Waals surface area (Å²) in [5.74, 6) is 0.812. The van der Waals surface area contributed by atoms with Gasteiger partial charge < -0.3 is 19.9 Å². The van der Waals surface area contributed by atoms with Crippen LogP contribution in [0.2, 0.25) is 0 Å². The van der Waals surface area contributed by atoms with Crippen LogP contribution in [0.25, 0.3) is 11.3 Å². The molecule has 1 saturated heterocycles. The third-order valence-corrected chi connectivity index (χ3v) is 7.14. The molecule has 4 aromatic rings. The summed E-state index contributed by atoms with van der Waals surface area (Å²) in [6.45, 7) is 6.58. The van der Waals surface area contributed by atoms with E-state index >= 15 is 0 Å². The molecule has 8 nitrogen and oxygen atoms in total. The number of aromatic nitrogens is 3. The van der Waals surface area contributed by atoms with Crippen LogP contribution in [0.5, 0.6) is 11.6 Å². The van der Waals surface area contributed by atoms with Crippen molar-refractivity contribution in [2.75, 3.05) is 43.4 Å². The number of amides is 1. The lowest BCUT2D eigenvalue weighted by Gasteiger charge is -2.35. The molecule has 1 aliphatic heterocycles. The van der Waals surface area contributed by atoms with Gasteiger partial charge in [0.2, 0.25) is 5.88 Å². The number of benzene rings is 2. The number of anilines is 2. The largest absolute Gasteiger partial charge is 0.438 e. The van der Waals surface area contributed by atoms with E-state index in [1.54, 1.807) is 42.7 Å². The van der Waals surface area contributed by atoms with E-state index in [9.17, 15) is 18.0 Å². The molecule has 0 aliphatic carbocycles. The zero-order valence-electron chi connectivity index (χ0n) is 23.6. The fourth-order valence-corrected chi connectivity index (χ4v) is 4.67.